The summed E-state index contributed by atoms with van der Waals surface area (Å²) in [7, 11) is 0. The van der Waals surface area contributed by atoms with Crippen LogP contribution in [0.5, 0.6) is 0 Å². The molecule has 0 unspecified atom stereocenters. The zero-order valence-electron chi connectivity index (χ0n) is 4.47. The second-order valence-electron chi connectivity index (χ2n) is 0. The van der Waals surface area contributed by atoms with E-state index in [4.69, 9.17) is 0 Å². The molecule has 12 heteroatoms. The van der Waals surface area contributed by atoms with Gasteiger partial charge >= 0.3 is 128 Å². The average molecular weight is 787 g/mol. The summed E-state index contributed by atoms with van der Waals surface area (Å²) in [4.78, 5) is 0. The summed E-state index contributed by atoms with van der Waals surface area (Å²) >= 11 is 0. The minimum Gasteiger partial charge on any atom is -1.00 e. The largest absolute Gasteiger partial charge is 3.00 e. The van der Waals surface area contributed by atoms with Gasteiger partial charge in [-0.05, 0) is 0 Å². The van der Waals surface area contributed by atoms with E-state index in [-0.39, 0.29) is 240 Å². The SMILES string of the molecule is [Cl-].[Cl-].[Cl-].[Cl-].[Cl-].[Cl-].[Cl-].[Cl-].[Cl-].[Eu+3].[Gd+3].[Tb+3]. The van der Waals surface area contributed by atoms with Gasteiger partial charge in [0, 0.05) is 0 Å². The fourth-order valence-electron chi connectivity index (χ4n) is 0. The third kappa shape index (κ3) is 90.7. The summed E-state index contributed by atoms with van der Waals surface area (Å²) in [5.41, 5.74) is 0. The van der Waals surface area contributed by atoms with Crippen molar-refractivity contribution in [2.24, 2.45) is 0 Å². The van der Waals surface area contributed by atoms with Gasteiger partial charge in [0.15, 0.2) is 0 Å². The van der Waals surface area contributed by atoms with E-state index < -0.39 is 0 Å². The van der Waals surface area contributed by atoms with E-state index in [0.717, 1.165) is 0 Å². The molecule has 0 aliphatic rings. The van der Waals surface area contributed by atoms with Crippen molar-refractivity contribution in [1.82, 2.24) is 0 Å². The normalized spacial score (nSPS) is 0. The molecule has 12 heavy (non-hydrogen) atoms. The van der Waals surface area contributed by atoms with Crippen molar-refractivity contribution in [3.05, 3.63) is 0 Å². The molecule has 87 valence electrons. The molecular formula is Cl9EuGdTb. The quantitative estimate of drug-likeness (QED) is 0.229. The third-order valence-electron chi connectivity index (χ3n) is 0. The summed E-state index contributed by atoms with van der Waals surface area (Å²) in [6.07, 6.45) is 0. The Hall–Kier alpha value is 6.80. The van der Waals surface area contributed by atoms with Crippen LogP contribution < -0.4 is 112 Å². The maximum Gasteiger partial charge on any atom is 3.00 e. The Bertz CT molecular complexity index is 14.5. The van der Waals surface area contributed by atoms with E-state index in [0.29, 0.717) is 0 Å². The molecule has 0 aliphatic heterocycles. The van der Waals surface area contributed by atoms with Crippen LogP contribution in [0.2, 0.25) is 0 Å². The first-order valence-electron chi connectivity index (χ1n) is 0. The van der Waals surface area contributed by atoms with Crippen molar-refractivity contribution < 1.29 is 240 Å². The van der Waals surface area contributed by atoms with Crippen LogP contribution >= 0.6 is 0 Å². The summed E-state index contributed by atoms with van der Waals surface area (Å²) < 4.78 is 0. The number of halogens is 9. The van der Waals surface area contributed by atoms with Crippen LogP contribution in [0.1, 0.15) is 0 Å². The summed E-state index contributed by atoms with van der Waals surface area (Å²) in [6.45, 7) is 0. The molecule has 0 nitrogen and oxygen atoms in total. The summed E-state index contributed by atoms with van der Waals surface area (Å²) in [5.74, 6) is 0. The molecule has 0 aromatic carbocycles. The molecule has 0 amide bonds. The van der Waals surface area contributed by atoms with Gasteiger partial charge in [0.1, 0.15) is 0 Å². The van der Waals surface area contributed by atoms with Crippen LogP contribution in [0.4, 0.5) is 0 Å². The average Bonchev–Trinajstić information content (AvgIpc) is 0. The fraction of sp³-hybridized carbons (Fsp3) is 0. The van der Waals surface area contributed by atoms with Gasteiger partial charge in [-0.3, -0.25) is 0 Å². The van der Waals surface area contributed by atoms with Crippen LogP contribution in [0.15, 0.2) is 0 Å². The molecule has 0 heterocycles. The third-order valence-corrected chi connectivity index (χ3v) is 0. The molecule has 0 aromatic rings. The molecule has 1 radical (unpaired) electrons. The summed E-state index contributed by atoms with van der Waals surface area (Å²) in [5, 5.41) is 0. The Labute approximate surface area is 233 Å². The zero-order chi connectivity index (χ0) is 0. The smallest absolute Gasteiger partial charge is 1.00 e. The van der Waals surface area contributed by atoms with Crippen molar-refractivity contribution in [2.75, 3.05) is 0 Å². The van der Waals surface area contributed by atoms with Gasteiger partial charge in [0.25, 0.3) is 0 Å². The van der Waals surface area contributed by atoms with Crippen molar-refractivity contribution in [2.45, 2.75) is 0 Å². The van der Waals surface area contributed by atoms with Crippen molar-refractivity contribution in [1.29, 1.82) is 0 Å². The molecule has 0 saturated carbocycles. The monoisotopic (exact) mass is 784 g/mol. The molecule has 0 saturated heterocycles. The Morgan fingerprint density at radius 3 is 0.333 bits per heavy atom. The molecule has 0 bridgehead atoms. The van der Waals surface area contributed by atoms with Crippen LogP contribution in [0.3, 0.4) is 0 Å². The molecule has 0 fully saturated rings. The first-order valence-corrected chi connectivity index (χ1v) is 0. The van der Waals surface area contributed by atoms with Gasteiger partial charge in [-0.15, -0.1) is 0 Å². The summed E-state index contributed by atoms with van der Waals surface area (Å²) in [6, 6.07) is 0. The predicted molar refractivity (Wildman–Crippen MR) is 0 cm³/mol. The second kappa shape index (κ2) is 109. The fourth-order valence-corrected chi connectivity index (χ4v) is 0. The van der Waals surface area contributed by atoms with E-state index in [2.05, 4.69) is 0 Å². The molecule has 0 aliphatic carbocycles. The van der Waals surface area contributed by atoms with Crippen LogP contribution in [-0.4, -0.2) is 0 Å². The topological polar surface area (TPSA) is 0 Å². The van der Waals surface area contributed by atoms with Gasteiger partial charge in [-0.1, -0.05) is 0 Å². The Morgan fingerprint density at radius 2 is 0.333 bits per heavy atom. The van der Waals surface area contributed by atoms with Gasteiger partial charge in [0.05, 0.1) is 0 Å². The zero-order valence-corrected chi connectivity index (χ0v) is 18.1. The van der Waals surface area contributed by atoms with Crippen LogP contribution in [-0.2, 0) is 0 Å². The second-order valence-corrected chi connectivity index (χ2v) is 0. The van der Waals surface area contributed by atoms with Crippen molar-refractivity contribution in [3.63, 3.8) is 0 Å². The minimum absolute atomic E-state index is 0. The molecule has 0 atom stereocenters. The van der Waals surface area contributed by atoms with E-state index >= 15 is 0 Å². The van der Waals surface area contributed by atoms with Gasteiger partial charge in [0.2, 0.25) is 0 Å². The number of hydrogen-bond acceptors (Lipinski definition) is 0. The van der Waals surface area contributed by atoms with E-state index in [1.54, 1.807) is 0 Å². The molecule has 0 N–H and O–H groups in total. The van der Waals surface area contributed by atoms with Gasteiger partial charge in [-0.2, -0.15) is 0 Å². The van der Waals surface area contributed by atoms with Gasteiger partial charge < -0.3 is 112 Å². The Kier molecular flexibility index (Phi) is 1160. The Morgan fingerprint density at radius 1 is 0.333 bits per heavy atom. The number of hydrogen-bond donors (Lipinski definition) is 0. The van der Waals surface area contributed by atoms with Crippen molar-refractivity contribution >= 4 is 0 Å². The number of rotatable bonds is 0. The first-order chi connectivity index (χ1) is 0. The first kappa shape index (κ1) is 129. The molecule has 0 rings (SSSR count). The predicted octanol–water partition coefficient (Wildman–Crippen LogP) is -27.0. The van der Waals surface area contributed by atoms with Gasteiger partial charge in [-0.25, -0.2) is 0 Å². The van der Waals surface area contributed by atoms with Crippen LogP contribution in [0.25, 0.3) is 0 Å². The van der Waals surface area contributed by atoms with Crippen molar-refractivity contribution in [3.8, 4) is 0 Å². The maximum atomic E-state index is 0. The Balaban J connectivity index is 0. The minimum atomic E-state index is 0. The van der Waals surface area contributed by atoms with E-state index in [1.165, 1.54) is 0 Å². The molecule has 0 spiro atoms. The molecular weight excluding hydrogens is 787 g/mol. The van der Waals surface area contributed by atoms with E-state index in [9.17, 15) is 0 Å². The maximum absolute atomic E-state index is 0. The van der Waals surface area contributed by atoms with E-state index in [1.807, 2.05) is 0 Å². The van der Waals surface area contributed by atoms with Crippen LogP contribution in [0, 0.1) is 128 Å². The molecule has 0 aromatic heterocycles. The standard InChI is InChI=1S/9ClH.Eu.Gd.Tb/h9*1H;;;/q;;;;;;;;;3*+3/p-9.